The number of hydrogen-bond acceptors (Lipinski definition) is 4. The van der Waals surface area contributed by atoms with E-state index in [1.54, 1.807) is 30.3 Å². The second kappa shape index (κ2) is 7.53. The van der Waals surface area contributed by atoms with Gasteiger partial charge in [-0.3, -0.25) is 0 Å². The van der Waals surface area contributed by atoms with Crippen molar-refractivity contribution in [1.82, 2.24) is 9.97 Å². The number of hydrogen-bond donors (Lipinski definition) is 1. The monoisotopic (exact) mass is 411 g/mol. The molecule has 0 bridgehead atoms. The first-order chi connectivity index (χ1) is 13.1. The molecule has 0 aliphatic rings. The number of fused-ring (bicyclic) bond motifs is 1. The summed E-state index contributed by atoms with van der Waals surface area (Å²) in [6, 6.07) is 18.8. The summed E-state index contributed by atoms with van der Waals surface area (Å²) in [5, 5.41) is 11.0. The number of nitriles is 1. The third kappa shape index (κ3) is 3.74. The highest BCUT2D eigenvalue weighted by Crippen LogP contribution is 2.35. The van der Waals surface area contributed by atoms with E-state index in [0.29, 0.717) is 37.2 Å². The van der Waals surface area contributed by atoms with Gasteiger partial charge in [-0.05, 0) is 48.2 Å². The van der Waals surface area contributed by atoms with Crippen molar-refractivity contribution in [2.75, 3.05) is 0 Å². The van der Waals surface area contributed by atoms with E-state index < -0.39 is 0 Å². The molecule has 4 aromatic rings. The maximum atomic E-state index is 9.47. The zero-order valence-corrected chi connectivity index (χ0v) is 16.1. The van der Waals surface area contributed by atoms with Gasteiger partial charge in [-0.15, -0.1) is 0 Å². The van der Waals surface area contributed by atoms with Crippen LogP contribution in [0, 0.1) is 11.3 Å². The lowest BCUT2D eigenvalue weighted by molar-refractivity contribution is 0.572. The third-order valence-corrected chi connectivity index (χ3v) is 5.44. The number of halogens is 2. The molecule has 27 heavy (non-hydrogen) atoms. The van der Waals surface area contributed by atoms with Crippen LogP contribution in [-0.4, -0.2) is 9.97 Å². The number of benzene rings is 2. The summed E-state index contributed by atoms with van der Waals surface area (Å²) in [6.45, 7) is 0. The molecule has 2 aromatic carbocycles. The van der Waals surface area contributed by atoms with Crippen LogP contribution >= 0.6 is 35.0 Å². The average Bonchev–Trinajstić information content (AvgIpc) is 3.29. The van der Waals surface area contributed by atoms with Crippen LogP contribution < -0.4 is 0 Å². The lowest BCUT2D eigenvalue weighted by atomic mass is 10.2. The molecule has 2 aromatic heterocycles. The van der Waals surface area contributed by atoms with E-state index in [9.17, 15) is 5.26 Å². The van der Waals surface area contributed by atoms with Crippen LogP contribution in [0.25, 0.3) is 28.4 Å². The van der Waals surface area contributed by atoms with Crippen LogP contribution in [0.1, 0.15) is 5.76 Å². The summed E-state index contributed by atoms with van der Waals surface area (Å²) >= 11 is 13.5. The van der Waals surface area contributed by atoms with E-state index in [0.717, 1.165) is 11.0 Å². The minimum Gasteiger partial charge on any atom is -0.457 e. The van der Waals surface area contributed by atoms with Crippen molar-refractivity contribution in [2.24, 2.45) is 0 Å². The largest absolute Gasteiger partial charge is 0.457 e. The van der Waals surface area contributed by atoms with E-state index in [4.69, 9.17) is 27.6 Å². The topological polar surface area (TPSA) is 65.6 Å². The molecule has 2 heterocycles. The maximum absolute atomic E-state index is 9.47. The Kier molecular flexibility index (Phi) is 4.95. The Morgan fingerprint density at radius 3 is 2.78 bits per heavy atom. The minimum absolute atomic E-state index is 0.432. The zero-order valence-electron chi connectivity index (χ0n) is 13.7. The molecular formula is C20H11Cl2N3OS. The van der Waals surface area contributed by atoms with Gasteiger partial charge in [0.05, 0.1) is 26.0 Å². The molecule has 0 unspecified atom stereocenters. The number of aromatic nitrogens is 2. The number of aromatic amines is 1. The van der Waals surface area contributed by atoms with Crippen LogP contribution in [-0.2, 0) is 0 Å². The van der Waals surface area contributed by atoms with Crippen LogP contribution in [0.3, 0.4) is 0 Å². The van der Waals surface area contributed by atoms with Crippen molar-refractivity contribution in [1.29, 1.82) is 5.26 Å². The highest BCUT2D eigenvalue weighted by molar-refractivity contribution is 8.03. The second-order valence-electron chi connectivity index (χ2n) is 5.58. The fraction of sp³-hybridized carbons (Fsp3) is 0. The number of furan rings is 1. The predicted octanol–water partition coefficient (Wildman–Crippen LogP) is 6.79. The van der Waals surface area contributed by atoms with Crippen molar-refractivity contribution in [3.05, 3.63) is 75.3 Å². The molecule has 0 spiro atoms. The van der Waals surface area contributed by atoms with Gasteiger partial charge in [-0.1, -0.05) is 41.4 Å². The summed E-state index contributed by atoms with van der Waals surface area (Å²) in [5.74, 6) is 1.13. The van der Waals surface area contributed by atoms with Crippen LogP contribution in [0.5, 0.6) is 0 Å². The lowest BCUT2D eigenvalue weighted by Crippen LogP contribution is -1.78. The summed E-state index contributed by atoms with van der Waals surface area (Å²) in [6.07, 6.45) is 1.67. The lowest BCUT2D eigenvalue weighted by Gasteiger charge is -2.02. The molecule has 0 saturated heterocycles. The summed E-state index contributed by atoms with van der Waals surface area (Å²) in [7, 11) is 0. The van der Waals surface area contributed by atoms with E-state index in [-0.39, 0.29) is 0 Å². The van der Waals surface area contributed by atoms with Gasteiger partial charge < -0.3 is 9.40 Å². The Labute approximate surface area is 169 Å². The number of rotatable bonds is 4. The molecule has 4 rings (SSSR count). The number of thioether (sulfide) groups is 1. The van der Waals surface area contributed by atoms with Gasteiger partial charge in [0.15, 0.2) is 5.16 Å². The Morgan fingerprint density at radius 2 is 1.96 bits per heavy atom. The van der Waals surface area contributed by atoms with Crippen molar-refractivity contribution in [3.8, 4) is 17.4 Å². The van der Waals surface area contributed by atoms with E-state index in [2.05, 4.69) is 16.0 Å². The summed E-state index contributed by atoms with van der Waals surface area (Å²) in [4.78, 5) is 8.11. The maximum Gasteiger partial charge on any atom is 0.171 e. The highest BCUT2D eigenvalue weighted by atomic mass is 35.5. The number of H-pyrrole nitrogens is 1. The standard InChI is InChI=1S/C20H11Cl2N3OS/c21-15-5-3-4-14(19(15)22)18-9-8-12(26-18)10-13(11-23)27-20-24-16-6-1-2-7-17(16)25-20/h1-10H,(H,24,25)/b13-10+. The number of imidazole rings is 1. The molecular weight excluding hydrogens is 401 g/mol. The first-order valence-electron chi connectivity index (χ1n) is 7.92. The van der Waals surface area contributed by atoms with Crippen molar-refractivity contribution in [2.45, 2.75) is 5.16 Å². The fourth-order valence-electron chi connectivity index (χ4n) is 2.56. The van der Waals surface area contributed by atoms with Crippen molar-refractivity contribution in [3.63, 3.8) is 0 Å². The molecule has 4 nitrogen and oxygen atoms in total. The molecule has 7 heteroatoms. The molecule has 1 N–H and O–H groups in total. The van der Waals surface area contributed by atoms with Gasteiger partial charge in [-0.25, -0.2) is 4.98 Å². The quantitative estimate of drug-likeness (QED) is 0.296. The summed E-state index contributed by atoms with van der Waals surface area (Å²) < 4.78 is 5.82. The molecule has 0 atom stereocenters. The van der Waals surface area contributed by atoms with Crippen LogP contribution in [0.4, 0.5) is 0 Å². The second-order valence-corrected chi connectivity index (χ2v) is 7.40. The number of para-hydroxylation sites is 2. The molecule has 0 amide bonds. The van der Waals surface area contributed by atoms with Gasteiger partial charge in [0.2, 0.25) is 0 Å². The number of allylic oxidation sites excluding steroid dienone is 1. The molecule has 0 saturated carbocycles. The minimum atomic E-state index is 0.432. The van der Waals surface area contributed by atoms with Gasteiger partial charge in [0.25, 0.3) is 0 Å². The smallest absolute Gasteiger partial charge is 0.171 e. The van der Waals surface area contributed by atoms with Crippen LogP contribution in [0.2, 0.25) is 10.0 Å². The van der Waals surface area contributed by atoms with Crippen LogP contribution in [0.15, 0.2) is 69.1 Å². The average molecular weight is 412 g/mol. The Hall–Kier alpha value is -2.65. The fourth-order valence-corrected chi connectivity index (χ4v) is 3.69. The Balaban J connectivity index is 1.61. The Morgan fingerprint density at radius 1 is 1.11 bits per heavy atom. The molecule has 0 aliphatic heterocycles. The molecule has 0 radical (unpaired) electrons. The van der Waals surface area contributed by atoms with Gasteiger partial charge in [0, 0.05) is 11.6 Å². The normalized spacial score (nSPS) is 11.7. The van der Waals surface area contributed by atoms with Gasteiger partial charge in [-0.2, -0.15) is 5.26 Å². The first kappa shape index (κ1) is 17.7. The zero-order chi connectivity index (χ0) is 18.8. The van der Waals surface area contributed by atoms with E-state index >= 15 is 0 Å². The molecule has 132 valence electrons. The van der Waals surface area contributed by atoms with E-state index in [1.165, 1.54) is 11.8 Å². The first-order valence-corrected chi connectivity index (χ1v) is 9.50. The third-order valence-electron chi connectivity index (χ3n) is 3.80. The predicted molar refractivity (Wildman–Crippen MR) is 110 cm³/mol. The van der Waals surface area contributed by atoms with Gasteiger partial charge >= 0.3 is 0 Å². The van der Waals surface area contributed by atoms with Crippen molar-refractivity contribution < 1.29 is 4.42 Å². The Bertz CT molecular complexity index is 1170. The SMILES string of the molecule is N#C/C(=C\c1ccc(-c2cccc(Cl)c2Cl)o1)Sc1nc2ccccc2[nH]1. The number of nitrogens with zero attached hydrogens (tertiary/aromatic N) is 2. The molecule has 0 fully saturated rings. The van der Waals surface area contributed by atoms with E-state index in [1.807, 2.05) is 30.3 Å². The van der Waals surface area contributed by atoms with Crippen molar-refractivity contribution >= 4 is 52.1 Å². The molecule has 0 aliphatic carbocycles. The highest BCUT2D eigenvalue weighted by Gasteiger charge is 2.12. The summed E-state index contributed by atoms with van der Waals surface area (Å²) in [5.41, 5.74) is 2.48. The van der Waals surface area contributed by atoms with Gasteiger partial charge in [0.1, 0.15) is 17.6 Å². The number of nitrogens with one attached hydrogen (secondary N) is 1.